The van der Waals surface area contributed by atoms with E-state index in [9.17, 15) is 8.78 Å². The number of anilines is 1. The van der Waals surface area contributed by atoms with Crippen molar-refractivity contribution in [3.8, 4) is 6.07 Å². The predicted molar refractivity (Wildman–Crippen MR) is 44.2 cm³/mol. The molecular weight excluding hydrogens is 192 g/mol. The molecule has 0 atom stereocenters. The molecular formula is C8H7F2N3O. The molecule has 0 bridgehead atoms. The van der Waals surface area contributed by atoms with Crippen molar-refractivity contribution in [3.05, 3.63) is 23.0 Å². The summed E-state index contributed by atoms with van der Waals surface area (Å²) in [6.45, 7) is -0.567. The summed E-state index contributed by atoms with van der Waals surface area (Å²) >= 11 is 0. The van der Waals surface area contributed by atoms with Crippen molar-refractivity contribution in [3.63, 3.8) is 0 Å². The summed E-state index contributed by atoms with van der Waals surface area (Å²) in [6.07, 6.45) is -1.84. The van der Waals surface area contributed by atoms with E-state index in [0.717, 1.165) is 6.20 Å². The van der Waals surface area contributed by atoms with Crippen LogP contribution in [0.25, 0.3) is 0 Å². The van der Waals surface area contributed by atoms with Crippen molar-refractivity contribution < 1.29 is 13.9 Å². The Labute approximate surface area is 78.6 Å². The summed E-state index contributed by atoms with van der Waals surface area (Å²) in [5, 5.41) is 17.4. The van der Waals surface area contributed by atoms with Gasteiger partial charge in [0.25, 0.3) is 6.43 Å². The number of nitrogen functional groups attached to an aromatic ring is 1. The van der Waals surface area contributed by atoms with Crippen LogP contribution in [-0.2, 0) is 6.61 Å². The molecule has 0 fully saturated rings. The Morgan fingerprint density at radius 2 is 2.29 bits per heavy atom. The van der Waals surface area contributed by atoms with Gasteiger partial charge in [0.15, 0.2) is 0 Å². The number of nitrogens with zero attached hydrogens (tertiary/aromatic N) is 2. The van der Waals surface area contributed by atoms with Gasteiger partial charge in [-0.2, -0.15) is 5.26 Å². The van der Waals surface area contributed by atoms with E-state index in [1.807, 2.05) is 0 Å². The minimum atomic E-state index is -2.85. The zero-order valence-corrected chi connectivity index (χ0v) is 7.04. The van der Waals surface area contributed by atoms with Gasteiger partial charge < -0.3 is 10.8 Å². The fourth-order valence-electron chi connectivity index (χ4n) is 1.06. The van der Waals surface area contributed by atoms with Crippen molar-refractivity contribution in [1.82, 2.24) is 4.98 Å². The van der Waals surface area contributed by atoms with Gasteiger partial charge in [0, 0.05) is 0 Å². The topological polar surface area (TPSA) is 82.9 Å². The Kier molecular flexibility index (Phi) is 2.94. The van der Waals surface area contributed by atoms with Gasteiger partial charge in [-0.3, -0.25) is 4.98 Å². The first-order chi connectivity index (χ1) is 6.61. The van der Waals surface area contributed by atoms with E-state index in [2.05, 4.69) is 4.98 Å². The van der Waals surface area contributed by atoms with Crippen LogP contribution < -0.4 is 5.73 Å². The van der Waals surface area contributed by atoms with Gasteiger partial charge in [-0.25, -0.2) is 8.78 Å². The number of hydrogen-bond acceptors (Lipinski definition) is 4. The Balaban J connectivity index is 3.45. The third-order valence-corrected chi connectivity index (χ3v) is 1.71. The van der Waals surface area contributed by atoms with Crippen molar-refractivity contribution >= 4 is 5.69 Å². The molecule has 3 N–H and O–H groups in total. The minimum Gasteiger partial charge on any atom is -0.397 e. The molecule has 0 aliphatic rings. The Bertz CT molecular complexity index is 387. The normalized spacial score (nSPS) is 10.2. The molecule has 0 aliphatic heterocycles. The Hall–Kier alpha value is -1.74. The van der Waals surface area contributed by atoms with Crippen LogP contribution in [0.3, 0.4) is 0 Å². The Morgan fingerprint density at radius 1 is 1.64 bits per heavy atom. The molecule has 0 unspecified atom stereocenters. The molecule has 1 aromatic rings. The highest BCUT2D eigenvalue weighted by Crippen LogP contribution is 2.29. The van der Waals surface area contributed by atoms with Gasteiger partial charge in [-0.15, -0.1) is 0 Å². The number of pyridine rings is 1. The number of aliphatic hydroxyl groups excluding tert-OH is 1. The molecule has 74 valence electrons. The molecule has 0 amide bonds. The second-order valence-corrected chi connectivity index (χ2v) is 2.52. The second-order valence-electron chi connectivity index (χ2n) is 2.52. The van der Waals surface area contributed by atoms with E-state index in [1.54, 1.807) is 6.07 Å². The quantitative estimate of drug-likeness (QED) is 0.743. The molecule has 14 heavy (non-hydrogen) atoms. The Morgan fingerprint density at radius 3 is 2.71 bits per heavy atom. The molecule has 1 aromatic heterocycles. The standard InChI is InChI=1S/C8H7F2N3O/c9-8(10)7-4(1-11)6(3-14)13-2-5(7)12/h2,8,14H,3,12H2. The first-order valence-electron chi connectivity index (χ1n) is 3.68. The highest BCUT2D eigenvalue weighted by Gasteiger charge is 2.20. The van der Waals surface area contributed by atoms with Crippen molar-refractivity contribution in [2.45, 2.75) is 13.0 Å². The summed E-state index contributed by atoms with van der Waals surface area (Å²) < 4.78 is 24.9. The van der Waals surface area contributed by atoms with Crippen LogP contribution in [0.4, 0.5) is 14.5 Å². The average molecular weight is 199 g/mol. The van der Waals surface area contributed by atoms with Crippen LogP contribution in [-0.4, -0.2) is 10.1 Å². The van der Waals surface area contributed by atoms with Crippen LogP contribution in [0, 0.1) is 11.3 Å². The number of rotatable bonds is 2. The van der Waals surface area contributed by atoms with Gasteiger partial charge in [0.05, 0.1) is 35.3 Å². The number of aliphatic hydroxyl groups is 1. The fourth-order valence-corrected chi connectivity index (χ4v) is 1.06. The van der Waals surface area contributed by atoms with E-state index in [0.29, 0.717) is 0 Å². The maximum absolute atomic E-state index is 12.5. The molecule has 1 heterocycles. The maximum Gasteiger partial charge on any atom is 0.267 e. The number of alkyl halides is 2. The highest BCUT2D eigenvalue weighted by atomic mass is 19.3. The van der Waals surface area contributed by atoms with Gasteiger partial charge in [0.2, 0.25) is 0 Å². The molecule has 4 nitrogen and oxygen atoms in total. The zero-order valence-electron chi connectivity index (χ0n) is 7.04. The lowest BCUT2D eigenvalue weighted by Crippen LogP contribution is -2.05. The summed E-state index contributed by atoms with van der Waals surface area (Å²) in [7, 11) is 0. The third kappa shape index (κ3) is 1.63. The predicted octanol–water partition coefficient (Wildman–Crippen LogP) is 0.965. The zero-order chi connectivity index (χ0) is 10.7. The van der Waals surface area contributed by atoms with Gasteiger partial charge in [-0.1, -0.05) is 0 Å². The van der Waals surface area contributed by atoms with E-state index in [1.165, 1.54) is 0 Å². The SMILES string of the molecule is N#Cc1c(CO)ncc(N)c1C(F)F. The van der Waals surface area contributed by atoms with E-state index in [4.69, 9.17) is 16.1 Å². The fraction of sp³-hybridized carbons (Fsp3) is 0.250. The molecule has 0 spiro atoms. The molecule has 0 saturated carbocycles. The lowest BCUT2D eigenvalue weighted by atomic mass is 10.1. The monoisotopic (exact) mass is 199 g/mol. The van der Waals surface area contributed by atoms with Crippen molar-refractivity contribution in [2.24, 2.45) is 0 Å². The number of nitriles is 1. The van der Waals surface area contributed by atoms with Crippen LogP contribution >= 0.6 is 0 Å². The summed E-state index contributed by atoms with van der Waals surface area (Å²) in [5.41, 5.74) is 4.01. The first kappa shape index (κ1) is 10.3. The minimum absolute atomic E-state index is 0.0861. The summed E-state index contributed by atoms with van der Waals surface area (Å²) in [5.74, 6) is 0. The van der Waals surface area contributed by atoms with E-state index >= 15 is 0 Å². The number of aromatic nitrogens is 1. The lowest BCUT2D eigenvalue weighted by molar-refractivity contribution is 0.151. The number of hydrogen-bond donors (Lipinski definition) is 2. The summed E-state index contributed by atoms with van der Waals surface area (Å²) in [4.78, 5) is 3.58. The molecule has 0 aliphatic carbocycles. The van der Waals surface area contributed by atoms with Crippen LogP contribution in [0.5, 0.6) is 0 Å². The second kappa shape index (κ2) is 3.98. The van der Waals surface area contributed by atoms with Gasteiger partial charge in [0.1, 0.15) is 6.07 Å². The first-order valence-corrected chi connectivity index (χ1v) is 3.68. The van der Waals surface area contributed by atoms with E-state index in [-0.39, 0.29) is 16.9 Å². The van der Waals surface area contributed by atoms with Crippen LogP contribution in [0.2, 0.25) is 0 Å². The molecule has 0 aromatic carbocycles. The highest BCUT2D eigenvalue weighted by molar-refractivity contribution is 5.56. The average Bonchev–Trinajstić information content (AvgIpc) is 2.16. The maximum atomic E-state index is 12.5. The van der Waals surface area contributed by atoms with E-state index < -0.39 is 18.6 Å². The third-order valence-electron chi connectivity index (χ3n) is 1.71. The molecule has 0 radical (unpaired) electrons. The largest absolute Gasteiger partial charge is 0.397 e. The van der Waals surface area contributed by atoms with Crippen LogP contribution in [0.15, 0.2) is 6.20 Å². The number of halogens is 2. The molecule has 6 heteroatoms. The smallest absolute Gasteiger partial charge is 0.267 e. The van der Waals surface area contributed by atoms with Gasteiger partial charge in [-0.05, 0) is 0 Å². The molecule has 1 rings (SSSR count). The molecule has 0 saturated heterocycles. The number of nitrogens with two attached hydrogens (primary N) is 1. The lowest BCUT2D eigenvalue weighted by Gasteiger charge is -2.08. The van der Waals surface area contributed by atoms with Crippen molar-refractivity contribution in [2.75, 3.05) is 5.73 Å². The van der Waals surface area contributed by atoms with Crippen molar-refractivity contribution in [1.29, 1.82) is 5.26 Å². The summed E-state index contributed by atoms with van der Waals surface area (Å²) in [6, 6.07) is 1.55. The van der Waals surface area contributed by atoms with Crippen LogP contribution in [0.1, 0.15) is 23.2 Å². The van der Waals surface area contributed by atoms with Gasteiger partial charge >= 0.3 is 0 Å².